The summed E-state index contributed by atoms with van der Waals surface area (Å²) in [5.74, 6) is 2.10. The molecule has 3 heterocycles. The average Bonchev–Trinajstić information content (AvgIpc) is 3.33. The van der Waals surface area contributed by atoms with Crippen LogP contribution in [-0.4, -0.2) is 36.3 Å². The number of aromatic nitrogens is 1. The van der Waals surface area contributed by atoms with E-state index in [0.29, 0.717) is 28.5 Å². The molecule has 3 aromatic rings. The van der Waals surface area contributed by atoms with Crippen LogP contribution >= 0.6 is 34.3 Å². The molecule has 1 aliphatic heterocycles. The van der Waals surface area contributed by atoms with Gasteiger partial charge in [-0.25, -0.2) is 8.42 Å². The number of rotatable bonds is 4. The minimum atomic E-state index is -3.59. The number of benzene rings is 1. The topological polar surface area (TPSA) is 71.7 Å². The maximum Gasteiger partial charge on any atom is 0.252 e. The van der Waals surface area contributed by atoms with Crippen molar-refractivity contribution >= 4 is 60.4 Å². The number of thiophene rings is 1. The van der Waals surface area contributed by atoms with E-state index < -0.39 is 10.0 Å². The zero-order valence-corrected chi connectivity index (χ0v) is 20.9. The highest BCUT2D eigenvalue weighted by molar-refractivity contribution is 7.91. The number of carbonyl (C=O) groups excluding carboxylic acids is 1. The van der Waals surface area contributed by atoms with E-state index >= 15 is 0 Å². The third kappa shape index (κ3) is 4.43. The largest absolute Gasteiger partial charge is 0.305 e. The number of amides is 1. The van der Waals surface area contributed by atoms with Gasteiger partial charge in [0.15, 0.2) is 4.80 Å². The van der Waals surface area contributed by atoms with Gasteiger partial charge in [-0.15, -0.1) is 17.8 Å². The van der Waals surface area contributed by atoms with Gasteiger partial charge in [-0.1, -0.05) is 34.9 Å². The molecule has 10 heteroatoms. The Hall–Kier alpha value is -1.96. The fourth-order valence-electron chi connectivity index (χ4n) is 3.93. The van der Waals surface area contributed by atoms with E-state index in [2.05, 4.69) is 23.0 Å². The molecule has 1 saturated heterocycles. The van der Waals surface area contributed by atoms with E-state index in [4.69, 9.17) is 18.0 Å². The number of sulfonamides is 1. The number of hydrogen-bond donors (Lipinski definition) is 0. The van der Waals surface area contributed by atoms with Crippen LogP contribution in [-0.2, 0) is 21.4 Å². The zero-order valence-electron chi connectivity index (χ0n) is 17.7. The number of carbonyl (C=O) groups is 1. The first-order valence-corrected chi connectivity index (χ1v) is 13.5. The first-order chi connectivity index (χ1) is 15.2. The van der Waals surface area contributed by atoms with Crippen LogP contribution in [0.2, 0.25) is 4.34 Å². The summed E-state index contributed by atoms with van der Waals surface area (Å²) in [5.41, 5.74) is 3.22. The minimum absolute atomic E-state index is 0.225. The van der Waals surface area contributed by atoms with Gasteiger partial charge in [0.05, 0.1) is 21.1 Å². The van der Waals surface area contributed by atoms with Gasteiger partial charge in [-0.2, -0.15) is 9.30 Å². The van der Waals surface area contributed by atoms with Crippen molar-refractivity contribution in [3.63, 3.8) is 0 Å². The van der Waals surface area contributed by atoms with Gasteiger partial charge in [0.25, 0.3) is 15.9 Å². The van der Waals surface area contributed by atoms with Crippen LogP contribution in [0.3, 0.4) is 0 Å². The molecule has 0 unspecified atom stereocenters. The van der Waals surface area contributed by atoms with Gasteiger partial charge in [0.2, 0.25) is 0 Å². The molecule has 6 nitrogen and oxygen atoms in total. The van der Waals surface area contributed by atoms with E-state index in [9.17, 15) is 13.2 Å². The maximum atomic E-state index is 13.0. The number of thiazole rings is 1. The molecular formula is C22H22ClN3O3S3. The molecule has 0 atom stereocenters. The first kappa shape index (κ1) is 23.2. The van der Waals surface area contributed by atoms with Crippen molar-refractivity contribution in [3.8, 4) is 12.3 Å². The van der Waals surface area contributed by atoms with Crippen molar-refractivity contribution in [2.24, 2.45) is 10.9 Å². The molecule has 0 N–H and O–H groups in total. The lowest BCUT2D eigenvalue weighted by atomic mass is 9.98. The average molecular weight is 508 g/mol. The Morgan fingerprint density at radius 3 is 2.59 bits per heavy atom. The van der Waals surface area contributed by atoms with Crippen molar-refractivity contribution in [1.29, 1.82) is 0 Å². The lowest BCUT2D eigenvalue weighted by Crippen LogP contribution is -2.40. The molecule has 0 aliphatic carbocycles. The van der Waals surface area contributed by atoms with Crippen molar-refractivity contribution in [3.05, 3.63) is 44.5 Å². The van der Waals surface area contributed by atoms with Crippen molar-refractivity contribution in [1.82, 2.24) is 8.87 Å². The number of fused-ring (bicyclic) bond motifs is 1. The fourth-order valence-corrected chi connectivity index (χ4v) is 8.13. The molecule has 32 heavy (non-hydrogen) atoms. The molecule has 1 aliphatic rings. The van der Waals surface area contributed by atoms with E-state index in [1.54, 1.807) is 6.07 Å². The zero-order chi connectivity index (χ0) is 23.0. The Morgan fingerprint density at radius 1 is 1.25 bits per heavy atom. The Kier molecular flexibility index (Phi) is 6.61. The molecule has 1 fully saturated rings. The maximum absolute atomic E-state index is 13.0. The molecule has 0 saturated carbocycles. The quantitative estimate of drug-likeness (QED) is 0.497. The summed E-state index contributed by atoms with van der Waals surface area (Å²) in [7, 11) is -3.59. The summed E-state index contributed by atoms with van der Waals surface area (Å²) in [6.07, 6.45) is 6.43. The second-order valence-electron chi connectivity index (χ2n) is 7.79. The molecule has 2 aromatic heterocycles. The minimum Gasteiger partial charge on any atom is -0.305 e. The molecule has 0 bridgehead atoms. The Labute approximate surface area is 200 Å². The highest BCUT2D eigenvalue weighted by Crippen LogP contribution is 2.31. The summed E-state index contributed by atoms with van der Waals surface area (Å²) in [5, 5.41) is 0. The Morgan fingerprint density at radius 2 is 1.97 bits per heavy atom. The normalized spacial score (nSPS) is 16.5. The lowest BCUT2D eigenvalue weighted by Gasteiger charge is -2.29. The van der Waals surface area contributed by atoms with Gasteiger partial charge in [-0.05, 0) is 56.0 Å². The summed E-state index contributed by atoms with van der Waals surface area (Å²) in [6, 6.07) is 7.25. The van der Waals surface area contributed by atoms with Gasteiger partial charge in [-0.3, -0.25) is 4.79 Å². The molecule has 1 amide bonds. The van der Waals surface area contributed by atoms with Crippen molar-refractivity contribution in [2.75, 3.05) is 13.1 Å². The second kappa shape index (κ2) is 9.12. The molecular weight excluding hydrogens is 486 g/mol. The smallest absolute Gasteiger partial charge is 0.252 e. The predicted molar refractivity (Wildman–Crippen MR) is 130 cm³/mol. The first-order valence-electron chi connectivity index (χ1n) is 10.1. The Bertz CT molecular complexity index is 1400. The SMILES string of the molecule is C#CCn1c(=NC(=O)C2CCN(S(=O)(=O)c3ccc(Cl)s3)CC2)sc2c(C)cc(C)cc21. The molecule has 0 radical (unpaired) electrons. The number of hydrogen-bond acceptors (Lipinski definition) is 5. The van der Waals surface area contributed by atoms with E-state index in [1.165, 1.54) is 21.7 Å². The van der Waals surface area contributed by atoms with E-state index in [-0.39, 0.29) is 29.1 Å². The monoisotopic (exact) mass is 507 g/mol. The number of terminal acetylenes is 1. The van der Waals surface area contributed by atoms with Crippen molar-refractivity contribution < 1.29 is 13.2 Å². The van der Waals surface area contributed by atoms with Gasteiger partial charge in [0.1, 0.15) is 4.21 Å². The van der Waals surface area contributed by atoms with E-state index in [0.717, 1.165) is 32.7 Å². The molecule has 4 rings (SSSR count). The van der Waals surface area contributed by atoms with Gasteiger partial charge in [0, 0.05) is 19.0 Å². The fraction of sp³-hybridized carbons (Fsp3) is 0.364. The van der Waals surface area contributed by atoms with Gasteiger partial charge >= 0.3 is 0 Å². The van der Waals surface area contributed by atoms with Crippen LogP contribution in [0.15, 0.2) is 33.5 Å². The summed E-state index contributed by atoms with van der Waals surface area (Å²) in [6.45, 7) is 4.94. The molecule has 168 valence electrons. The van der Waals surface area contributed by atoms with Crippen LogP contribution in [0.1, 0.15) is 24.0 Å². The van der Waals surface area contributed by atoms with Gasteiger partial charge < -0.3 is 4.57 Å². The number of nitrogens with zero attached hydrogens (tertiary/aromatic N) is 3. The van der Waals surface area contributed by atoms with Crippen LogP contribution in [0.4, 0.5) is 0 Å². The highest BCUT2D eigenvalue weighted by atomic mass is 35.5. The van der Waals surface area contributed by atoms with Crippen molar-refractivity contribution in [2.45, 2.75) is 37.4 Å². The third-order valence-corrected chi connectivity index (χ3v) is 10.3. The third-order valence-electron chi connectivity index (χ3n) is 5.52. The second-order valence-corrected chi connectivity index (χ2v) is 12.6. The Balaban J connectivity index is 1.57. The standard InChI is InChI=1S/C22H22ClN3O3S3/c1-4-9-26-17-13-14(2)12-15(3)20(17)31-22(26)24-21(27)16-7-10-25(11-8-16)32(28,29)19-6-5-18(23)30-19/h1,5-6,12-13,16H,7-11H2,2-3H3. The predicted octanol–water partition coefficient (Wildman–Crippen LogP) is 4.20. The summed E-state index contributed by atoms with van der Waals surface area (Å²) < 4.78 is 30.6. The van der Waals surface area contributed by atoms with Crippen LogP contribution in [0.25, 0.3) is 10.2 Å². The number of piperidine rings is 1. The summed E-state index contributed by atoms with van der Waals surface area (Å²) in [4.78, 5) is 18.0. The molecule has 0 spiro atoms. The summed E-state index contributed by atoms with van der Waals surface area (Å²) >= 11 is 8.39. The van der Waals surface area contributed by atoms with Crippen LogP contribution in [0, 0.1) is 32.1 Å². The molecule has 1 aromatic carbocycles. The number of halogens is 1. The van der Waals surface area contributed by atoms with Crippen LogP contribution < -0.4 is 4.80 Å². The highest BCUT2D eigenvalue weighted by Gasteiger charge is 2.33. The number of aryl methyl sites for hydroxylation is 2. The van der Waals surface area contributed by atoms with E-state index in [1.807, 2.05) is 18.4 Å². The lowest BCUT2D eigenvalue weighted by molar-refractivity contribution is -0.122. The van der Waals surface area contributed by atoms with Crippen LogP contribution in [0.5, 0.6) is 0 Å².